The number of anilines is 1. The van der Waals surface area contributed by atoms with E-state index >= 15 is 0 Å². The van der Waals surface area contributed by atoms with Gasteiger partial charge in [0.15, 0.2) is 11.5 Å². The molecule has 1 aliphatic heterocycles. The van der Waals surface area contributed by atoms with Gasteiger partial charge < -0.3 is 14.6 Å². The third-order valence-corrected chi connectivity index (χ3v) is 5.91. The van der Waals surface area contributed by atoms with Crippen molar-refractivity contribution in [1.29, 1.82) is 0 Å². The monoisotopic (exact) mass is 414 g/mol. The number of nitrogens with zero attached hydrogens (tertiary/aromatic N) is 7. The molecule has 0 unspecified atom stereocenters. The number of ether oxygens (including phenoxy) is 1. The lowest BCUT2D eigenvalue weighted by Gasteiger charge is -2.34. The van der Waals surface area contributed by atoms with Crippen molar-refractivity contribution in [2.45, 2.75) is 13.0 Å². The molecule has 0 saturated carbocycles. The van der Waals surface area contributed by atoms with Crippen LogP contribution in [-0.2, 0) is 11.8 Å². The minimum absolute atomic E-state index is 0.226. The molecule has 1 N–H and O–H groups in total. The first-order valence-electron chi connectivity index (χ1n) is 10.3. The van der Waals surface area contributed by atoms with Crippen LogP contribution in [0, 0.1) is 0 Å². The van der Waals surface area contributed by atoms with Gasteiger partial charge in [0.2, 0.25) is 0 Å². The molecule has 0 spiro atoms. The Morgan fingerprint density at radius 2 is 2.03 bits per heavy atom. The summed E-state index contributed by atoms with van der Waals surface area (Å²) >= 11 is 0. The van der Waals surface area contributed by atoms with Gasteiger partial charge in [-0.25, -0.2) is 15.0 Å². The number of morpholine rings is 1. The van der Waals surface area contributed by atoms with Gasteiger partial charge in [-0.1, -0.05) is 0 Å². The van der Waals surface area contributed by atoms with E-state index < -0.39 is 0 Å². The van der Waals surface area contributed by atoms with E-state index in [4.69, 9.17) is 14.7 Å². The van der Waals surface area contributed by atoms with Crippen LogP contribution in [0.3, 0.4) is 0 Å². The number of H-pyrrole nitrogens is 1. The maximum atomic E-state index is 5.67. The molecule has 31 heavy (non-hydrogen) atoms. The van der Waals surface area contributed by atoms with Gasteiger partial charge in [0.25, 0.3) is 0 Å². The van der Waals surface area contributed by atoms with Crippen molar-refractivity contribution >= 4 is 27.9 Å². The topological polar surface area (TPSA) is 89.7 Å². The van der Waals surface area contributed by atoms with E-state index in [1.54, 1.807) is 12.4 Å². The lowest BCUT2D eigenvalue weighted by Crippen LogP contribution is -2.44. The first kappa shape index (κ1) is 18.1. The molecule has 1 saturated heterocycles. The van der Waals surface area contributed by atoms with Crippen LogP contribution in [0.2, 0.25) is 0 Å². The molecule has 0 aliphatic carbocycles. The van der Waals surface area contributed by atoms with Crippen LogP contribution < -0.4 is 4.90 Å². The Morgan fingerprint density at radius 1 is 1.10 bits per heavy atom. The van der Waals surface area contributed by atoms with E-state index in [-0.39, 0.29) is 6.04 Å². The molecule has 0 amide bonds. The molecular formula is C22H22N8O. The number of aryl methyl sites for hydroxylation is 1. The lowest BCUT2D eigenvalue weighted by atomic mass is 10.1. The summed E-state index contributed by atoms with van der Waals surface area (Å²) in [5, 5.41) is 6.34. The predicted octanol–water partition coefficient (Wildman–Crippen LogP) is 2.92. The fourth-order valence-corrected chi connectivity index (χ4v) is 4.32. The van der Waals surface area contributed by atoms with Gasteiger partial charge in [-0.3, -0.25) is 9.25 Å². The van der Waals surface area contributed by atoms with Crippen molar-refractivity contribution in [2.24, 2.45) is 7.05 Å². The van der Waals surface area contributed by atoms with Gasteiger partial charge in [0.05, 0.1) is 30.8 Å². The van der Waals surface area contributed by atoms with Crippen molar-refractivity contribution in [3.63, 3.8) is 0 Å². The van der Waals surface area contributed by atoms with Gasteiger partial charge in [-0.15, -0.1) is 0 Å². The summed E-state index contributed by atoms with van der Waals surface area (Å²) in [5.41, 5.74) is 2.63. The molecule has 9 heteroatoms. The van der Waals surface area contributed by atoms with Gasteiger partial charge in [-0.05, 0) is 25.1 Å². The molecule has 5 aromatic heterocycles. The normalized spacial score (nSPS) is 17.1. The van der Waals surface area contributed by atoms with E-state index in [1.807, 2.05) is 42.3 Å². The van der Waals surface area contributed by atoms with Crippen LogP contribution in [0.1, 0.15) is 6.92 Å². The number of aromatic amines is 1. The Hall–Kier alpha value is -3.72. The third kappa shape index (κ3) is 2.81. The molecular weight excluding hydrogens is 392 g/mol. The van der Waals surface area contributed by atoms with Crippen LogP contribution in [0.15, 0.2) is 49.1 Å². The van der Waals surface area contributed by atoms with Gasteiger partial charge in [0, 0.05) is 49.2 Å². The Bertz CT molecular complexity index is 1400. The first-order chi connectivity index (χ1) is 15.2. The Kier molecular flexibility index (Phi) is 4.03. The van der Waals surface area contributed by atoms with Crippen LogP contribution >= 0.6 is 0 Å². The highest BCUT2D eigenvalue weighted by Crippen LogP contribution is 2.33. The molecule has 6 rings (SSSR count). The maximum absolute atomic E-state index is 5.67. The maximum Gasteiger partial charge on any atom is 0.164 e. The second kappa shape index (κ2) is 6.92. The standard InChI is InChI=1S/C22H22N8O/c1-14-13-31-12-11-29(14)21-17-6-10-30(18-5-9-25-28(18)2)22(17)27-20(26-21)16-4-8-24-19-15(16)3-7-23-19/h3-10,14H,11-13H2,1-2H3,(H,23,24)/t14-/m1/s1. The summed E-state index contributed by atoms with van der Waals surface area (Å²) in [6.45, 7) is 4.33. The number of hydrogen-bond donors (Lipinski definition) is 1. The number of aromatic nitrogens is 7. The minimum atomic E-state index is 0.226. The quantitative estimate of drug-likeness (QED) is 0.488. The van der Waals surface area contributed by atoms with Crippen molar-refractivity contribution < 1.29 is 4.74 Å². The zero-order chi connectivity index (χ0) is 20.9. The van der Waals surface area contributed by atoms with Crippen molar-refractivity contribution in [1.82, 2.24) is 34.3 Å². The summed E-state index contributed by atoms with van der Waals surface area (Å²) in [4.78, 5) is 20.0. The van der Waals surface area contributed by atoms with E-state index in [9.17, 15) is 0 Å². The molecule has 0 aromatic carbocycles. The van der Waals surface area contributed by atoms with Crippen LogP contribution in [-0.4, -0.2) is 60.1 Å². The number of hydrogen-bond acceptors (Lipinski definition) is 6. The van der Waals surface area contributed by atoms with Gasteiger partial charge >= 0.3 is 0 Å². The molecule has 0 radical (unpaired) electrons. The van der Waals surface area contributed by atoms with Crippen molar-refractivity contribution in [3.05, 3.63) is 49.1 Å². The fourth-order valence-electron chi connectivity index (χ4n) is 4.32. The van der Waals surface area contributed by atoms with Crippen LogP contribution in [0.5, 0.6) is 0 Å². The van der Waals surface area contributed by atoms with Crippen LogP contribution in [0.25, 0.3) is 39.3 Å². The average molecular weight is 414 g/mol. The molecule has 6 heterocycles. The summed E-state index contributed by atoms with van der Waals surface area (Å²) in [7, 11) is 1.93. The molecule has 1 fully saturated rings. The molecule has 1 aliphatic rings. The smallest absolute Gasteiger partial charge is 0.164 e. The second-order valence-electron chi connectivity index (χ2n) is 7.82. The highest BCUT2D eigenvalue weighted by molar-refractivity contribution is 5.95. The number of fused-ring (bicyclic) bond motifs is 2. The van der Waals surface area contributed by atoms with Crippen molar-refractivity contribution in [2.75, 3.05) is 24.7 Å². The van der Waals surface area contributed by atoms with Crippen LogP contribution in [0.4, 0.5) is 5.82 Å². The highest BCUT2D eigenvalue weighted by Gasteiger charge is 2.25. The summed E-state index contributed by atoms with van der Waals surface area (Å²) < 4.78 is 9.58. The van der Waals surface area contributed by atoms with E-state index in [1.165, 1.54) is 0 Å². The molecule has 156 valence electrons. The number of nitrogens with one attached hydrogen (secondary N) is 1. The third-order valence-electron chi connectivity index (χ3n) is 5.91. The van der Waals surface area contributed by atoms with E-state index in [0.717, 1.165) is 45.8 Å². The zero-order valence-corrected chi connectivity index (χ0v) is 17.4. The minimum Gasteiger partial charge on any atom is -0.377 e. The number of pyridine rings is 1. The Labute approximate surface area is 178 Å². The highest BCUT2D eigenvalue weighted by atomic mass is 16.5. The molecule has 0 bridgehead atoms. The van der Waals surface area contributed by atoms with E-state index in [0.29, 0.717) is 19.0 Å². The summed E-state index contributed by atoms with van der Waals surface area (Å²) in [5.74, 6) is 2.55. The first-order valence-corrected chi connectivity index (χ1v) is 10.3. The van der Waals surface area contributed by atoms with E-state index in [2.05, 4.69) is 37.5 Å². The average Bonchev–Trinajstić information content (AvgIpc) is 3.52. The predicted molar refractivity (Wildman–Crippen MR) is 118 cm³/mol. The Balaban J connectivity index is 1.64. The fraction of sp³-hybridized carbons (Fsp3) is 0.273. The Morgan fingerprint density at radius 3 is 2.87 bits per heavy atom. The number of rotatable bonds is 3. The lowest BCUT2D eigenvalue weighted by molar-refractivity contribution is 0.0987. The van der Waals surface area contributed by atoms with Crippen molar-refractivity contribution in [3.8, 4) is 17.2 Å². The molecule has 1 atom stereocenters. The second-order valence-corrected chi connectivity index (χ2v) is 7.82. The van der Waals surface area contributed by atoms with Gasteiger partial charge in [0.1, 0.15) is 17.3 Å². The SMILES string of the molecule is C[C@@H]1COCCN1c1nc(-c2ccnc3[nH]ccc23)nc2c1ccn2-c1ccnn1C. The summed E-state index contributed by atoms with van der Waals surface area (Å²) in [6, 6.07) is 8.28. The summed E-state index contributed by atoms with van der Waals surface area (Å²) in [6.07, 6.45) is 7.51. The zero-order valence-electron chi connectivity index (χ0n) is 17.4. The molecule has 9 nitrogen and oxygen atoms in total. The molecule has 5 aromatic rings. The van der Waals surface area contributed by atoms with Gasteiger partial charge in [-0.2, -0.15) is 5.10 Å². The largest absolute Gasteiger partial charge is 0.377 e.